The van der Waals surface area contributed by atoms with Gasteiger partial charge in [0.15, 0.2) is 0 Å². The predicted octanol–water partition coefficient (Wildman–Crippen LogP) is 3.00. The lowest BCUT2D eigenvalue weighted by molar-refractivity contribution is 0.514. The summed E-state index contributed by atoms with van der Waals surface area (Å²) in [6, 6.07) is 7.82. The van der Waals surface area contributed by atoms with Gasteiger partial charge in [-0.15, -0.1) is 0 Å². The quantitative estimate of drug-likeness (QED) is 0.750. The molecule has 0 aliphatic heterocycles. The van der Waals surface area contributed by atoms with Gasteiger partial charge in [-0.05, 0) is 23.6 Å². The van der Waals surface area contributed by atoms with E-state index in [1.165, 1.54) is 0 Å². The summed E-state index contributed by atoms with van der Waals surface area (Å²) in [5.74, 6) is 0.464. The Morgan fingerprint density at radius 3 is 2.08 bits per heavy atom. The van der Waals surface area contributed by atoms with Crippen molar-refractivity contribution in [3.63, 3.8) is 0 Å². The van der Waals surface area contributed by atoms with E-state index >= 15 is 0 Å². The Bertz CT molecular complexity index is 241. The van der Waals surface area contributed by atoms with Gasteiger partial charge in [-0.1, -0.05) is 37.6 Å². The summed E-state index contributed by atoms with van der Waals surface area (Å²) < 4.78 is 0. The van der Waals surface area contributed by atoms with Crippen molar-refractivity contribution in [1.29, 1.82) is 0 Å². The number of halogens is 1. The van der Waals surface area contributed by atoms with Crippen LogP contribution in [0.25, 0.3) is 0 Å². The molecule has 0 aliphatic rings. The lowest BCUT2D eigenvalue weighted by atomic mass is 9.97. The molecule has 1 rings (SSSR count). The van der Waals surface area contributed by atoms with Crippen LogP contribution in [0.1, 0.15) is 25.5 Å². The lowest BCUT2D eigenvalue weighted by Gasteiger charge is -2.15. The molecule has 66 valence electrons. The van der Waals surface area contributed by atoms with Crippen molar-refractivity contribution < 1.29 is 0 Å². The van der Waals surface area contributed by atoms with E-state index in [1.54, 1.807) is 0 Å². The SMILES string of the molecule is CC(C)C(N)c1ccc(Cl)cc1. The Morgan fingerprint density at radius 2 is 1.67 bits per heavy atom. The van der Waals surface area contributed by atoms with E-state index in [-0.39, 0.29) is 6.04 Å². The van der Waals surface area contributed by atoms with Crippen LogP contribution in [0.2, 0.25) is 5.02 Å². The zero-order valence-electron chi connectivity index (χ0n) is 7.42. The van der Waals surface area contributed by atoms with Crippen LogP contribution < -0.4 is 5.73 Å². The first-order valence-corrected chi connectivity index (χ1v) is 4.50. The number of benzene rings is 1. The van der Waals surface area contributed by atoms with Crippen molar-refractivity contribution in [1.82, 2.24) is 0 Å². The Labute approximate surface area is 78.5 Å². The molecule has 0 radical (unpaired) electrons. The highest BCUT2D eigenvalue weighted by Gasteiger charge is 2.09. The highest BCUT2D eigenvalue weighted by molar-refractivity contribution is 6.30. The zero-order chi connectivity index (χ0) is 9.14. The van der Waals surface area contributed by atoms with Crippen molar-refractivity contribution in [3.05, 3.63) is 34.9 Å². The van der Waals surface area contributed by atoms with Gasteiger partial charge in [-0.25, -0.2) is 0 Å². The summed E-state index contributed by atoms with van der Waals surface area (Å²) >= 11 is 5.76. The van der Waals surface area contributed by atoms with Crippen LogP contribution in [0.4, 0.5) is 0 Å². The van der Waals surface area contributed by atoms with Crippen LogP contribution in [0.3, 0.4) is 0 Å². The average molecular weight is 184 g/mol. The molecule has 0 amide bonds. The normalized spacial score (nSPS) is 13.4. The van der Waals surface area contributed by atoms with Crippen molar-refractivity contribution in [2.24, 2.45) is 11.7 Å². The van der Waals surface area contributed by atoms with Crippen LogP contribution in [-0.4, -0.2) is 0 Å². The molecule has 0 aliphatic carbocycles. The molecule has 0 saturated carbocycles. The largest absolute Gasteiger partial charge is 0.324 e. The lowest BCUT2D eigenvalue weighted by Crippen LogP contribution is -2.16. The first-order valence-electron chi connectivity index (χ1n) is 4.12. The standard InChI is InChI=1S/C10H14ClN/c1-7(2)10(12)8-3-5-9(11)6-4-8/h3-7,10H,12H2,1-2H3. The summed E-state index contributed by atoms with van der Waals surface area (Å²) in [4.78, 5) is 0. The Balaban J connectivity index is 2.82. The second-order valence-corrected chi connectivity index (χ2v) is 3.76. The third-order valence-corrected chi connectivity index (χ3v) is 2.23. The Morgan fingerprint density at radius 1 is 1.17 bits per heavy atom. The number of rotatable bonds is 2. The number of nitrogens with two attached hydrogens (primary N) is 1. The van der Waals surface area contributed by atoms with Crippen LogP contribution in [0.15, 0.2) is 24.3 Å². The smallest absolute Gasteiger partial charge is 0.0406 e. The van der Waals surface area contributed by atoms with Crippen LogP contribution in [0, 0.1) is 5.92 Å². The van der Waals surface area contributed by atoms with Crippen molar-refractivity contribution in [2.75, 3.05) is 0 Å². The second-order valence-electron chi connectivity index (χ2n) is 3.32. The molecule has 0 bridgehead atoms. The highest BCUT2D eigenvalue weighted by atomic mass is 35.5. The zero-order valence-corrected chi connectivity index (χ0v) is 8.18. The van der Waals surface area contributed by atoms with Gasteiger partial charge >= 0.3 is 0 Å². The molecule has 12 heavy (non-hydrogen) atoms. The fourth-order valence-electron chi connectivity index (χ4n) is 1.07. The minimum atomic E-state index is 0.113. The van der Waals surface area contributed by atoms with E-state index in [0.717, 1.165) is 10.6 Å². The van der Waals surface area contributed by atoms with Crippen LogP contribution >= 0.6 is 11.6 Å². The van der Waals surface area contributed by atoms with E-state index in [0.29, 0.717) is 5.92 Å². The van der Waals surface area contributed by atoms with E-state index in [9.17, 15) is 0 Å². The molecule has 0 aromatic heterocycles. The van der Waals surface area contributed by atoms with E-state index in [1.807, 2.05) is 24.3 Å². The minimum Gasteiger partial charge on any atom is -0.324 e. The predicted molar refractivity (Wildman–Crippen MR) is 53.2 cm³/mol. The number of hydrogen-bond acceptors (Lipinski definition) is 1. The van der Waals surface area contributed by atoms with Gasteiger partial charge in [0.2, 0.25) is 0 Å². The Hall–Kier alpha value is -0.530. The van der Waals surface area contributed by atoms with Gasteiger partial charge in [-0.2, -0.15) is 0 Å². The molecule has 1 atom stereocenters. The van der Waals surface area contributed by atoms with Gasteiger partial charge in [0.1, 0.15) is 0 Å². The first kappa shape index (κ1) is 9.56. The maximum Gasteiger partial charge on any atom is 0.0406 e. The van der Waals surface area contributed by atoms with E-state index in [2.05, 4.69) is 13.8 Å². The van der Waals surface area contributed by atoms with Gasteiger partial charge in [0.25, 0.3) is 0 Å². The molecule has 2 N–H and O–H groups in total. The maximum atomic E-state index is 5.94. The maximum absolute atomic E-state index is 5.94. The molecule has 1 nitrogen and oxygen atoms in total. The number of hydrogen-bond donors (Lipinski definition) is 1. The van der Waals surface area contributed by atoms with Crippen LogP contribution in [0.5, 0.6) is 0 Å². The van der Waals surface area contributed by atoms with Crippen molar-refractivity contribution >= 4 is 11.6 Å². The fraction of sp³-hybridized carbons (Fsp3) is 0.400. The summed E-state index contributed by atoms with van der Waals surface area (Å²) in [5.41, 5.74) is 7.09. The summed E-state index contributed by atoms with van der Waals surface area (Å²) in [5, 5.41) is 0.759. The topological polar surface area (TPSA) is 26.0 Å². The molecule has 0 heterocycles. The summed E-state index contributed by atoms with van der Waals surface area (Å²) in [6.07, 6.45) is 0. The first-order chi connectivity index (χ1) is 5.61. The summed E-state index contributed by atoms with van der Waals surface area (Å²) in [6.45, 7) is 4.22. The van der Waals surface area contributed by atoms with Gasteiger partial charge in [0, 0.05) is 11.1 Å². The molecular weight excluding hydrogens is 170 g/mol. The molecule has 0 spiro atoms. The molecule has 1 aromatic rings. The monoisotopic (exact) mass is 183 g/mol. The average Bonchev–Trinajstić information content (AvgIpc) is 2.04. The van der Waals surface area contributed by atoms with Gasteiger partial charge in [0.05, 0.1) is 0 Å². The molecule has 2 heteroatoms. The second kappa shape index (κ2) is 3.92. The fourth-order valence-corrected chi connectivity index (χ4v) is 1.20. The van der Waals surface area contributed by atoms with Crippen LogP contribution in [-0.2, 0) is 0 Å². The molecule has 1 unspecified atom stereocenters. The molecule has 1 aromatic carbocycles. The van der Waals surface area contributed by atoms with E-state index < -0.39 is 0 Å². The van der Waals surface area contributed by atoms with E-state index in [4.69, 9.17) is 17.3 Å². The summed E-state index contributed by atoms with van der Waals surface area (Å²) in [7, 11) is 0. The van der Waals surface area contributed by atoms with Gasteiger partial charge < -0.3 is 5.73 Å². The Kier molecular flexibility index (Phi) is 3.12. The van der Waals surface area contributed by atoms with Crippen molar-refractivity contribution in [2.45, 2.75) is 19.9 Å². The molecular formula is C10H14ClN. The third-order valence-electron chi connectivity index (χ3n) is 1.97. The third kappa shape index (κ3) is 2.23. The molecule has 0 saturated heterocycles. The van der Waals surface area contributed by atoms with Crippen molar-refractivity contribution in [3.8, 4) is 0 Å². The molecule has 0 fully saturated rings. The van der Waals surface area contributed by atoms with Gasteiger partial charge in [-0.3, -0.25) is 0 Å². The highest BCUT2D eigenvalue weighted by Crippen LogP contribution is 2.20. The minimum absolute atomic E-state index is 0.113.